The number of nitrogens with zero attached hydrogens (tertiary/aromatic N) is 2. The van der Waals surface area contributed by atoms with E-state index in [-0.39, 0.29) is 23.4 Å². The highest BCUT2D eigenvalue weighted by molar-refractivity contribution is 6.07. The summed E-state index contributed by atoms with van der Waals surface area (Å²) in [6.45, 7) is 12.1. The van der Waals surface area contributed by atoms with Crippen LogP contribution in [0.3, 0.4) is 0 Å². The van der Waals surface area contributed by atoms with Crippen molar-refractivity contribution in [3.63, 3.8) is 0 Å². The molecule has 1 spiro atoms. The molecule has 1 saturated heterocycles. The summed E-state index contributed by atoms with van der Waals surface area (Å²) in [5, 5.41) is 3.08. The van der Waals surface area contributed by atoms with Gasteiger partial charge in [0.1, 0.15) is 5.54 Å². The summed E-state index contributed by atoms with van der Waals surface area (Å²) < 4.78 is 0. The normalized spacial score (nSPS) is 25.3. The Morgan fingerprint density at radius 3 is 2.34 bits per heavy atom. The van der Waals surface area contributed by atoms with Crippen LogP contribution in [-0.2, 0) is 11.3 Å². The Balaban J connectivity index is 1.68. The van der Waals surface area contributed by atoms with Crippen LogP contribution in [0.1, 0.15) is 72.3 Å². The summed E-state index contributed by atoms with van der Waals surface area (Å²) in [6.07, 6.45) is 4.64. The average Bonchev–Trinajstić information content (AvgIpc) is 2.92. The van der Waals surface area contributed by atoms with Crippen LogP contribution in [0.15, 0.2) is 30.3 Å². The molecule has 1 aromatic carbocycles. The molecule has 160 valence electrons. The van der Waals surface area contributed by atoms with Gasteiger partial charge in [-0.15, -0.1) is 0 Å². The molecule has 0 bridgehead atoms. The molecule has 0 aromatic heterocycles. The summed E-state index contributed by atoms with van der Waals surface area (Å²) >= 11 is 0. The van der Waals surface area contributed by atoms with E-state index in [0.717, 1.165) is 38.6 Å². The molecule has 1 heterocycles. The molecule has 1 aliphatic heterocycles. The Kier molecular flexibility index (Phi) is 6.37. The van der Waals surface area contributed by atoms with Crippen molar-refractivity contribution in [1.29, 1.82) is 0 Å². The van der Waals surface area contributed by atoms with Crippen molar-refractivity contribution < 1.29 is 9.59 Å². The van der Waals surface area contributed by atoms with Gasteiger partial charge in [0, 0.05) is 12.6 Å². The van der Waals surface area contributed by atoms with Gasteiger partial charge in [-0.1, -0.05) is 57.5 Å². The van der Waals surface area contributed by atoms with Crippen LogP contribution in [0.2, 0.25) is 0 Å². The second-order valence-corrected chi connectivity index (χ2v) is 9.83. The fraction of sp³-hybridized carbons (Fsp3) is 0.667. The fourth-order valence-corrected chi connectivity index (χ4v) is 4.72. The van der Waals surface area contributed by atoms with E-state index >= 15 is 0 Å². The van der Waals surface area contributed by atoms with Gasteiger partial charge >= 0.3 is 6.03 Å². The van der Waals surface area contributed by atoms with Gasteiger partial charge in [0.2, 0.25) is 0 Å². The average molecular weight is 400 g/mol. The number of carbonyl (C=O) groups is 2. The van der Waals surface area contributed by atoms with E-state index in [1.807, 2.05) is 18.2 Å². The van der Waals surface area contributed by atoms with E-state index in [4.69, 9.17) is 0 Å². The number of rotatable bonds is 7. The smallest absolute Gasteiger partial charge is 0.323 e. The highest BCUT2D eigenvalue weighted by atomic mass is 16.2. The summed E-state index contributed by atoms with van der Waals surface area (Å²) in [6, 6.07) is 10.2. The maximum Gasteiger partial charge on any atom is 0.326 e. The number of carbonyl (C=O) groups excluding carboxylic acids is 2. The summed E-state index contributed by atoms with van der Waals surface area (Å²) in [5.74, 6) is 0.580. The summed E-state index contributed by atoms with van der Waals surface area (Å²) in [5.41, 5.74) is 0.787. The minimum absolute atomic E-state index is 0.0334. The van der Waals surface area contributed by atoms with E-state index in [0.29, 0.717) is 12.6 Å². The van der Waals surface area contributed by atoms with Crippen LogP contribution in [0.25, 0.3) is 0 Å². The minimum Gasteiger partial charge on any atom is -0.323 e. The first-order chi connectivity index (χ1) is 13.7. The molecule has 29 heavy (non-hydrogen) atoms. The zero-order valence-corrected chi connectivity index (χ0v) is 18.7. The monoisotopic (exact) mass is 399 g/mol. The first-order valence-corrected chi connectivity index (χ1v) is 11.1. The lowest BCUT2D eigenvalue weighted by atomic mass is 9.65. The third kappa shape index (κ3) is 4.50. The molecule has 5 heteroatoms. The molecule has 3 rings (SSSR count). The highest BCUT2D eigenvalue weighted by Crippen LogP contribution is 2.45. The molecule has 1 N–H and O–H groups in total. The van der Waals surface area contributed by atoms with Gasteiger partial charge in [-0.3, -0.25) is 9.69 Å². The third-order valence-electron chi connectivity index (χ3n) is 7.38. The van der Waals surface area contributed by atoms with Crippen LogP contribution >= 0.6 is 0 Å². The van der Waals surface area contributed by atoms with E-state index in [1.165, 1.54) is 10.5 Å². The topological polar surface area (TPSA) is 52.7 Å². The largest absolute Gasteiger partial charge is 0.326 e. The Morgan fingerprint density at radius 2 is 1.79 bits per heavy atom. The first kappa shape index (κ1) is 21.8. The lowest BCUT2D eigenvalue weighted by Gasteiger charge is -2.42. The standard InChI is InChI=1S/C24H37N3O2/c1-6-23(4,5)20-12-14-24(15-13-20)21(28)27(22(29)25-24)17-26(18(2)3)16-19-10-8-7-9-11-19/h7-11,18,20H,6,12-17H2,1-5H3,(H,25,29). The van der Waals surface area contributed by atoms with Crippen molar-refractivity contribution in [2.45, 2.75) is 84.8 Å². The van der Waals surface area contributed by atoms with E-state index in [2.05, 4.69) is 57.0 Å². The molecule has 1 saturated carbocycles. The number of nitrogens with one attached hydrogen (secondary N) is 1. The molecule has 0 atom stereocenters. The number of hydrogen-bond acceptors (Lipinski definition) is 3. The van der Waals surface area contributed by atoms with Crippen LogP contribution in [0.5, 0.6) is 0 Å². The number of hydrogen-bond donors (Lipinski definition) is 1. The van der Waals surface area contributed by atoms with Crippen molar-refractivity contribution in [2.75, 3.05) is 6.67 Å². The van der Waals surface area contributed by atoms with Crippen LogP contribution in [0, 0.1) is 11.3 Å². The number of urea groups is 1. The molecule has 0 radical (unpaired) electrons. The van der Waals surface area contributed by atoms with Crippen molar-refractivity contribution in [2.24, 2.45) is 11.3 Å². The quantitative estimate of drug-likeness (QED) is 0.672. The van der Waals surface area contributed by atoms with Gasteiger partial charge < -0.3 is 5.32 Å². The Labute approximate surface area is 175 Å². The van der Waals surface area contributed by atoms with Crippen LogP contribution in [-0.4, -0.2) is 40.0 Å². The van der Waals surface area contributed by atoms with E-state index in [1.54, 1.807) is 0 Å². The van der Waals surface area contributed by atoms with E-state index < -0.39 is 5.54 Å². The lowest BCUT2D eigenvalue weighted by Crippen LogP contribution is -2.51. The van der Waals surface area contributed by atoms with Gasteiger partial charge in [0.15, 0.2) is 0 Å². The molecule has 2 aliphatic rings. The highest BCUT2D eigenvalue weighted by Gasteiger charge is 2.53. The van der Waals surface area contributed by atoms with Gasteiger partial charge in [0.05, 0.1) is 6.67 Å². The van der Waals surface area contributed by atoms with Gasteiger partial charge in [-0.2, -0.15) is 0 Å². The molecule has 1 aromatic rings. The molecule has 5 nitrogen and oxygen atoms in total. The van der Waals surface area contributed by atoms with Crippen LogP contribution in [0.4, 0.5) is 4.79 Å². The van der Waals surface area contributed by atoms with Gasteiger partial charge in [-0.05, 0) is 56.4 Å². The maximum absolute atomic E-state index is 13.3. The zero-order chi connectivity index (χ0) is 21.2. The minimum atomic E-state index is -0.688. The third-order valence-corrected chi connectivity index (χ3v) is 7.38. The van der Waals surface area contributed by atoms with Crippen molar-refractivity contribution >= 4 is 11.9 Å². The lowest BCUT2D eigenvalue weighted by molar-refractivity contribution is -0.135. The molecule has 0 unspecified atom stereocenters. The molecule has 3 amide bonds. The SMILES string of the molecule is CCC(C)(C)C1CCC2(CC1)NC(=O)N(CN(Cc1ccccc1)C(C)C)C2=O. The molecular formula is C24H37N3O2. The molecular weight excluding hydrogens is 362 g/mol. The van der Waals surface area contributed by atoms with Gasteiger partial charge in [-0.25, -0.2) is 9.69 Å². The predicted molar refractivity (Wildman–Crippen MR) is 116 cm³/mol. The number of amides is 3. The van der Waals surface area contributed by atoms with Crippen molar-refractivity contribution in [1.82, 2.24) is 15.1 Å². The second-order valence-electron chi connectivity index (χ2n) is 9.83. The van der Waals surface area contributed by atoms with Crippen LogP contribution < -0.4 is 5.32 Å². The summed E-state index contributed by atoms with van der Waals surface area (Å²) in [4.78, 5) is 29.7. The Bertz CT molecular complexity index is 721. The number of benzene rings is 1. The zero-order valence-electron chi connectivity index (χ0n) is 18.7. The maximum atomic E-state index is 13.3. The van der Waals surface area contributed by atoms with Crippen molar-refractivity contribution in [3.8, 4) is 0 Å². The van der Waals surface area contributed by atoms with Crippen molar-refractivity contribution in [3.05, 3.63) is 35.9 Å². The first-order valence-electron chi connectivity index (χ1n) is 11.1. The summed E-state index contributed by atoms with van der Waals surface area (Å²) in [7, 11) is 0. The molecule has 2 fully saturated rings. The van der Waals surface area contributed by atoms with Gasteiger partial charge in [0.25, 0.3) is 5.91 Å². The molecule has 1 aliphatic carbocycles. The second kappa shape index (κ2) is 8.47. The predicted octanol–water partition coefficient (Wildman–Crippen LogP) is 4.77. The Morgan fingerprint density at radius 1 is 1.17 bits per heavy atom. The number of imide groups is 1. The Hall–Kier alpha value is -1.88. The van der Waals surface area contributed by atoms with E-state index in [9.17, 15) is 9.59 Å². The fourth-order valence-electron chi connectivity index (χ4n) is 4.72.